The first-order valence-electron chi connectivity index (χ1n) is 9.75. The molecule has 0 aromatic carbocycles. The lowest BCUT2D eigenvalue weighted by molar-refractivity contribution is 0.174. The summed E-state index contributed by atoms with van der Waals surface area (Å²) in [7, 11) is 0. The van der Waals surface area contributed by atoms with Crippen molar-refractivity contribution in [3.05, 3.63) is 4.91 Å². The Labute approximate surface area is 138 Å². The van der Waals surface area contributed by atoms with Gasteiger partial charge in [-0.1, -0.05) is 77.8 Å². The molecule has 2 nitrogen and oxygen atoms in total. The van der Waals surface area contributed by atoms with Gasteiger partial charge in [0.25, 0.3) is 0 Å². The molecule has 0 aromatic rings. The van der Waals surface area contributed by atoms with Crippen LogP contribution in [0.4, 0.5) is 0 Å². The lowest BCUT2D eigenvalue weighted by Crippen LogP contribution is -2.24. The van der Waals surface area contributed by atoms with Crippen molar-refractivity contribution >= 4 is 0 Å². The van der Waals surface area contributed by atoms with E-state index >= 15 is 0 Å². The SMILES string of the molecule is CC(C)C(CCN=O)C1CCCCCCCCC(C)(C)CC1. The highest BCUT2D eigenvalue weighted by molar-refractivity contribution is 4.78. The molecule has 22 heavy (non-hydrogen) atoms. The van der Waals surface area contributed by atoms with Crippen LogP contribution >= 0.6 is 0 Å². The van der Waals surface area contributed by atoms with Gasteiger partial charge in [0.05, 0.1) is 6.54 Å². The quantitative estimate of drug-likeness (QED) is 0.504. The van der Waals surface area contributed by atoms with Gasteiger partial charge in [0, 0.05) is 0 Å². The Morgan fingerprint density at radius 2 is 1.59 bits per heavy atom. The van der Waals surface area contributed by atoms with E-state index in [4.69, 9.17) is 0 Å². The minimum Gasteiger partial charge on any atom is -0.151 e. The van der Waals surface area contributed by atoms with Gasteiger partial charge in [-0.25, -0.2) is 0 Å². The smallest absolute Gasteiger partial charge is 0.0814 e. The largest absolute Gasteiger partial charge is 0.151 e. The van der Waals surface area contributed by atoms with Crippen molar-refractivity contribution in [3.63, 3.8) is 0 Å². The molecule has 0 saturated heterocycles. The molecule has 130 valence electrons. The molecule has 1 fully saturated rings. The van der Waals surface area contributed by atoms with Crippen LogP contribution in [0.5, 0.6) is 0 Å². The summed E-state index contributed by atoms with van der Waals surface area (Å²) >= 11 is 0. The van der Waals surface area contributed by atoms with Crippen molar-refractivity contribution < 1.29 is 0 Å². The molecule has 0 heterocycles. The highest BCUT2D eigenvalue weighted by atomic mass is 16.3. The minimum atomic E-state index is 0.488. The summed E-state index contributed by atoms with van der Waals surface area (Å²) in [4.78, 5) is 10.6. The Kier molecular flexibility index (Phi) is 9.28. The van der Waals surface area contributed by atoms with Crippen molar-refractivity contribution in [2.75, 3.05) is 6.54 Å². The topological polar surface area (TPSA) is 29.4 Å². The second kappa shape index (κ2) is 10.4. The molecule has 0 aliphatic heterocycles. The first-order valence-corrected chi connectivity index (χ1v) is 9.75. The second-order valence-corrected chi connectivity index (χ2v) is 8.67. The maximum absolute atomic E-state index is 10.6. The summed E-state index contributed by atoms with van der Waals surface area (Å²) < 4.78 is 0. The number of rotatable bonds is 5. The summed E-state index contributed by atoms with van der Waals surface area (Å²) in [5.74, 6) is 2.14. The van der Waals surface area contributed by atoms with E-state index in [1.54, 1.807) is 0 Å². The standard InChI is InChI=1S/C20H39NO/c1-17(2)19(13-16-21-22)18-11-9-7-5-6-8-10-14-20(3,4)15-12-18/h17-19H,5-16H2,1-4H3. The van der Waals surface area contributed by atoms with E-state index in [9.17, 15) is 4.91 Å². The normalized spacial score (nSPS) is 26.0. The fraction of sp³-hybridized carbons (Fsp3) is 1.00. The number of hydrogen-bond acceptors (Lipinski definition) is 2. The lowest BCUT2D eigenvalue weighted by atomic mass is 9.72. The van der Waals surface area contributed by atoms with Crippen LogP contribution in [-0.2, 0) is 0 Å². The van der Waals surface area contributed by atoms with E-state index in [0.29, 0.717) is 23.8 Å². The van der Waals surface area contributed by atoms with Crippen LogP contribution < -0.4 is 0 Å². The molecule has 2 unspecified atom stereocenters. The van der Waals surface area contributed by atoms with Crippen LogP contribution in [0.25, 0.3) is 0 Å². The van der Waals surface area contributed by atoms with Gasteiger partial charge in [0.15, 0.2) is 0 Å². The number of nitroso groups, excluding NO2 is 1. The molecule has 0 radical (unpaired) electrons. The average Bonchev–Trinajstić information content (AvgIpc) is 2.45. The van der Waals surface area contributed by atoms with Crippen LogP contribution in [0.15, 0.2) is 5.18 Å². The molecule has 2 heteroatoms. The van der Waals surface area contributed by atoms with Crippen molar-refractivity contribution in [3.8, 4) is 0 Å². The van der Waals surface area contributed by atoms with Crippen LogP contribution in [-0.4, -0.2) is 6.54 Å². The third-order valence-corrected chi connectivity index (χ3v) is 5.89. The highest BCUT2D eigenvalue weighted by Gasteiger charge is 2.27. The lowest BCUT2D eigenvalue weighted by Gasteiger charge is -2.34. The Hall–Kier alpha value is -0.400. The fourth-order valence-corrected chi connectivity index (χ4v) is 4.31. The van der Waals surface area contributed by atoms with Crippen LogP contribution in [0, 0.1) is 28.1 Å². The zero-order valence-corrected chi connectivity index (χ0v) is 15.6. The molecule has 1 saturated carbocycles. The van der Waals surface area contributed by atoms with Crippen molar-refractivity contribution in [1.82, 2.24) is 0 Å². The maximum atomic E-state index is 10.6. The predicted octanol–water partition coefficient (Wildman–Crippen LogP) is 6.97. The van der Waals surface area contributed by atoms with Crippen molar-refractivity contribution in [1.29, 1.82) is 0 Å². The average molecular weight is 310 g/mol. The molecule has 1 aliphatic rings. The van der Waals surface area contributed by atoms with E-state index in [2.05, 4.69) is 32.9 Å². The van der Waals surface area contributed by atoms with Crippen molar-refractivity contribution in [2.24, 2.45) is 28.3 Å². The summed E-state index contributed by atoms with van der Waals surface area (Å²) in [6.45, 7) is 10.1. The zero-order chi connectivity index (χ0) is 16.4. The second-order valence-electron chi connectivity index (χ2n) is 8.67. The Balaban J connectivity index is 2.69. The molecule has 1 aliphatic carbocycles. The molecule has 1 rings (SSSR count). The summed E-state index contributed by atoms with van der Waals surface area (Å²) in [5.41, 5.74) is 0.488. The monoisotopic (exact) mass is 309 g/mol. The van der Waals surface area contributed by atoms with Crippen LogP contribution in [0.1, 0.15) is 98.3 Å². The van der Waals surface area contributed by atoms with Gasteiger partial charge in [-0.2, -0.15) is 4.91 Å². The van der Waals surface area contributed by atoms with E-state index < -0.39 is 0 Å². The van der Waals surface area contributed by atoms with E-state index in [-0.39, 0.29) is 0 Å². The predicted molar refractivity (Wildman–Crippen MR) is 97.0 cm³/mol. The van der Waals surface area contributed by atoms with Gasteiger partial charge in [0.2, 0.25) is 0 Å². The first-order chi connectivity index (χ1) is 10.5. The molecule has 0 N–H and O–H groups in total. The van der Waals surface area contributed by atoms with Gasteiger partial charge < -0.3 is 0 Å². The van der Waals surface area contributed by atoms with E-state index in [1.807, 2.05) is 0 Å². The first kappa shape index (κ1) is 19.6. The maximum Gasteiger partial charge on any atom is 0.0814 e. The van der Waals surface area contributed by atoms with E-state index in [1.165, 1.54) is 64.2 Å². The minimum absolute atomic E-state index is 0.488. The van der Waals surface area contributed by atoms with Crippen LogP contribution in [0.3, 0.4) is 0 Å². The van der Waals surface area contributed by atoms with Gasteiger partial charge in [0.1, 0.15) is 0 Å². The van der Waals surface area contributed by atoms with Gasteiger partial charge in [-0.05, 0) is 48.9 Å². The Bertz CT molecular complexity index is 298. The Morgan fingerprint density at radius 1 is 0.955 bits per heavy atom. The van der Waals surface area contributed by atoms with Gasteiger partial charge in [-0.3, -0.25) is 0 Å². The highest BCUT2D eigenvalue weighted by Crippen LogP contribution is 2.38. The molecule has 0 aromatic heterocycles. The Morgan fingerprint density at radius 3 is 2.23 bits per heavy atom. The molecule has 0 spiro atoms. The molecule has 0 amide bonds. The van der Waals surface area contributed by atoms with Gasteiger partial charge in [-0.15, -0.1) is 0 Å². The fourth-order valence-electron chi connectivity index (χ4n) is 4.31. The molecular formula is C20H39NO. The van der Waals surface area contributed by atoms with Crippen molar-refractivity contribution in [2.45, 2.75) is 98.3 Å². The molecule has 0 bridgehead atoms. The molecule has 2 atom stereocenters. The zero-order valence-electron chi connectivity index (χ0n) is 15.6. The summed E-state index contributed by atoms with van der Waals surface area (Å²) in [6, 6.07) is 0. The number of hydrogen-bond donors (Lipinski definition) is 0. The van der Waals surface area contributed by atoms with E-state index in [0.717, 1.165) is 12.3 Å². The van der Waals surface area contributed by atoms with Gasteiger partial charge >= 0.3 is 0 Å². The summed E-state index contributed by atoms with van der Waals surface area (Å²) in [5, 5.41) is 3.13. The number of nitrogens with zero attached hydrogens (tertiary/aromatic N) is 1. The molecular weight excluding hydrogens is 270 g/mol. The summed E-state index contributed by atoms with van der Waals surface area (Å²) in [6.07, 6.45) is 14.8. The third-order valence-electron chi connectivity index (χ3n) is 5.89. The third kappa shape index (κ3) is 7.74. The van der Waals surface area contributed by atoms with Crippen LogP contribution in [0.2, 0.25) is 0 Å².